The fraction of sp³-hybridized carbons (Fsp3) is 0.455. The predicted octanol–water partition coefficient (Wildman–Crippen LogP) is 3.31. The number of amides is 2. The molecule has 6 nitrogen and oxygen atoms in total. The summed E-state index contributed by atoms with van der Waals surface area (Å²) < 4.78 is 0. The number of benzene rings is 2. The summed E-state index contributed by atoms with van der Waals surface area (Å²) in [4.78, 5) is 27.4. The minimum atomic E-state index is -0.804. The second kappa shape index (κ2) is 9.06. The molecule has 28 heavy (non-hydrogen) atoms. The summed E-state index contributed by atoms with van der Waals surface area (Å²) in [5, 5.41) is 14.5. The summed E-state index contributed by atoms with van der Waals surface area (Å²) >= 11 is 0. The third-order valence-electron chi connectivity index (χ3n) is 5.56. The van der Waals surface area contributed by atoms with Crippen LogP contribution in [-0.4, -0.2) is 58.6 Å². The molecule has 2 aromatic rings. The Hall–Kier alpha value is -2.60. The SMILES string of the molecule is CCN(Cc1ccc2ccccc2c1)C(=O)NC1CC(N(CC)CC(=O)O)C1. The number of carboxylic acids is 1. The number of carbonyl (C=O) groups is 2. The van der Waals surface area contributed by atoms with Gasteiger partial charge in [0.1, 0.15) is 0 Å². The van der Waals surface area contributed by atoms with Crippen LogP contribution in [-0.2, 0) is 11.3 Å². The van der Waals surface area contributed by atoms with Gasteiger partial charge in [-0.05, 0) is 48.7 Å². The number of hydrogen-bond acceptors (Lipinski definition) is 3. The minimum Gasteiger partial charge on any atom is -0.480 e. The third kappa shape index (κ3) is 4.81. The number of rotatable bonds is 8. The van der Waals surface area contributed by atoms with E-state index in [0.717, 1.165) is 18.4 Å². The molecule has 0 radical (unpaired) electrons. The smallest absolute Gasteiger partial charge is 0.317 e. The molecule has 1 fully saturated rings. The van der Waals surface area contributed by atoms with Crippen molar-refractivity contribution in [3.63, 3.8) is 0 Å². The van der Waals surface area contributed by atoms with Crippen molar-refractivity contribution < 1.29 is 14.7 Å². The van der Waals surface area contributed by atoms with Gasteiger partial charge in [0.05, 0.1) is 6.54 Å². The van der Waals surface area contributed by atoms with Crippen LogP contribution in [0.2, 0.25) is 0 Å². The van der Waals surface area contributed by atoms with Crippen LogP contribution in [0.25, 0.3) is 10.8 Å². The van der Waals surface area contributed by atoms with E-state index in [0.29, 0.717) is 19.6 Å². The average molecular weight is 383 g/mol. The second-order valence-corrected chi connectivity index (χ2v) is 7.42. The molecule has 2 amide bonds. The molecule has 1 aliphatic rings. The number of carbonyl (C=O) groups excluding carboxylic acids is 1. The molecule has 3 rings (SSSR count). The number of carboxylic acid groups (broad SMARTS) is 1. The molecule has 0 aliphatic heterocycles. The molecule has 2 aromatic carbocycles. The lowest BCUT2D eigenvalue weighted by atomic mass is 9.85. The molecule has 150 valence electrons. The van der Waals surface area contributed by atoms with E-state index in [1.54, 1.807) is 0 Å². The fourth-order valence-electron chi connectivity index (χ4n) is 3.83. The Morgan fingerprint density at radius 2 is 1.79 bits per heavy atom. The molecule has 0 heterocycles. The molecule has 0 saturated heterocycles. The van der Waals surface area contributed by atoms with Gasteiger partial charge < -0.3 is 15.3 Å². The highest BCUT2D eigenvalue weighted by Gasteiger charge is 2.35. The molecule has 0 atom stereocenters. The van der Waals surface area contributed by atoms with Crippen molar-refractivity contribution in [2.45, 2.75) is 45.3 Å². The first-order chi connectivity index (χ1) is 13.5. The van der Waals surface area contributed by atoms with Crippen molar-refractivity contribution in [2.75, 3.05) is 19.6 Å². The Bertz CT molecular complexity index is 833. The first kappa shape index (κ1) is 20.1. The molecule has 1 saturated carbocycles. The quantitative estimate of drug-likeness (QED) is 0.734. The highest BCUT2D eigenvalue weighted by molar-refractivity contribution is 5.83. The summed E-state index contributed by atoms with van der Waals surface area (Å²) in [5.41, 5.74) is 1.11. The highest BCUT2D eigenvalue weighted by atomic mass is 16.4. The van der Waals surface area contributed by atoms with Crippen LogP contribution in [0.15, 0.2) is 42.5 Å². The number of nitrogens with zero attached hydrogens (tertiary/aromatic N) is 2. The molecule has 0 unspecified atom stereocenters. The molecule has 0 spiro atoms. The van der Waals surface area contributed by atoms with Crippen LogP contribution >= 0.6 is 0 Å². The maximum atomic E-state index is 12.7. The van der Waals surface area contributed by atoms with E-state index in [9.17, 15) is 9.59 Å². The molecule has 0 bridgehead atoms. The molecule has 1 aliphatic carbocycles. The number of likely N-dealkylation sites (N-methyl/N-ethyl adjacent to an activating group) is 1. The van der Waals surface area contributed by atoms with Gasteiger partial charge in [0.25, 0.3) is 0 Å². The zero-order chi connectivity index (χ0) is 20.1. The number of aliphatic carboxylic acids is 1. The van der Waals surface area contributed by atoms with Crippen molar-refractivity contribution in [1.29, 1.82) is 0 Å². The van der Waals surface area contributed by atoms with Gasteiger partial charge >= 0.3 is 12.0 Å². The maximum absolute atomic E-state index is 12.7. The Morgan fingerprint density at radius 3 is 2.43 bits per heavy atom. The average Bonchev–Trinajstić information content (AvgIpc) is 2.66. The maximum Gasteiger partial charge on any atom is 0.317 e. The Balaban J connectivity index is 1.53. The van der Waals surface area contributed by atoms with Gasteiger partial charge in [0, 0.05) is 25.2 Å². The first-order valence-electron chi connectivity index (χ1n) is 9.99. The lowest BCUT2D eigenvalue weighted by Gasteiger charge is -2.42. The van der Waals surface area contributed by atoms with E-state index in [1.807, 2.05) is 35.8 Å². The largest absolute Gasteiger partial charge is 0.480 e. The van der Waals surface area contributed by atoms with E-state index < -0.39 is 5.97 Å². The normalized spacial score (nSPS) is 18.7. The minimum absolute atomic E-state index is 0.0552. The van der Waals surface area contributed by atoms with Crippen molar-refractivity contribution in [3.05, 3.63) is 48.0 Å². The summed E-state index contributed by atoms with van der Waals surface area (Å²) in [5.74, 6) is -0.804. The number of urea groups is 1. The number of fused-ring (bicyclic) bond motifs is 1. The van der Waals surface area contributed by atoms with Gasteiger partial charge in [-0.25, -0.2) is 4.79 Å². The highest BCUT2D eigenvalue weighted by Crippen LogP contribution is 2.26. The summed E-state index contributed by atoms with van der Waals surface area (Å²) in [6.07, 6.45) is 1.61. The Morgan fingerprint density at radius 1 is 1.07 bits per heavy atom. The zero-order valence-corrected chi connectivity index (χ0v) is 16.6. The van der Waals surface area contributed by atoms with Gasteiger partial charge in [-0.3, -0.25) is 9.69 Å². The lowest BCUT2D eigenvalue weighted by Crippen LogP contribution is -2.56. The van der Waals surface area contributed by atoms with Crippen molar-refractivity contribution in [1.82, 2.24) is 15.1 Å². The number of nitrogens with one attached hydrogen (secondary N) is 1. The second-order valence-electron chi connectivity index (χ2n) is 7.42. The van der Waals surface area contributed by atoms with Crippen LogP contribution in [0.1, 0.15) is 32.3 Å². The summed E-state index contributed by atoms with van der Waals surface area (Å²) in [6.45, 7) is 5.93. The topological polar surface area (TPSA) is 72.9 Å². The Kier molecular flexibility index (Phi) is 6.52. The molecule has 2 N–H and O–H groups in total. The van der Waals surface area contributed by atoms with Crippen LogP contribution in [0, 0.1) is 0 Å². The van der Waals surface area contributed by atoms with Gasteiger partial charge in [0.15, 0.2) is 0 Å². The van der Waals surface area contributed by atoms with Gasteiger partial charge in [0.2, 0.25) is 0 Å². The summed E-state index contributed by atoms with van der Waals surface area (Å²) in [6, 6.07) is 14.8. The molecular formula is C22H29N3O3. The van der Waals surface area contributed by atoms with Crippen LogP contribution in [0.3, 0.4) is 0 Å². The van der Waals surface area contributed by atoms with E-state index in [-0.39, 0.29) is 24.7 Å². The third-order valence-corrected chi connectivity index (χ3v) is 5.56. The number of hydrogen-bond donors (Lipinski definition) is 2. The zero-order valence-electron chi connectivity index (χ0n) is 16.6. The Labute approximate surface area is 166 Å². The van der Waals surface area contributed by atoms with E-state index in [4.69, 9.17) is 5.11 Å². The summed E-state index contributed by atoms with van der Waals surface area (Å²) in [7, 11) is 0. The first-order valence-corrected chi connectivity index (χ1v) is 9.99. The van der Waals surface area contributed by atoms with Gasteiger partial charge in [-0.15, -0.1) is 0 Å². The van der Waals surface area contributed by atoms with Crippen molar-refractivity contribution >= 4 is 22.8 Å². The van der Waals surface area contributed by atoms with Gasteiger partial charge in [-0.1, -0.05) is 43.3 Å². The van der Waals surface area contributed by atoms with Gasteiger partial charge in [-0.2, -0.15) is 0 Å². The fourth-order valence-corrected chi connectivity index (χ4v) is 3.83. The van der Waals surface area contributed by atoms with Crippen LogP contribution < -0.4 is 5.32 Å². The van der Waals surface area contributed by atoms with E-state index in [2.05, 4.69) is 35.6 Å². The van der Waals surface area contributed by atoms with Crippen LogP contribution in [0.5, 0.6) is 0 Å². The van der Waals surface area contributed by atoms with Crippen molar-refractivity contribution in [3.8, 4) is 0 Å². The molecule has 0 aromatic heterocycles. The van der Waals surface area contributed by atoms with Crippen LogP contribution in [0.4, 0.5) is 4.79 Å². The van der Waals surface area contributed by atoms with E-state index in [1.165, 1.54) is 10.8 Å². The molecule has 6 heteroatoms. The van der Waals surface area contributed by atoms with Crippen molar-refractivity contribution in [2.24, 2.45) is 0 Å². The molecular weight excluding hydrogens is 354 g/mol. The predicted molar refractivity (Wildman–Crippen MR) is 110 cm³/mol. The lowest BCUT2D eigenvalue weighted by molar-refractivity contribution is -0.139. The monoisotopic (exact) mass is 383 g/mol. The standard InChI is InChI=1S/C22H29N3O3/c1-3-24(15-21(26)27)20-12-19(13-20)23-22(28)25(4-2)14-16-9-10-17-7-5-6-8-18(17)11-16/h5-11,19-20H,3-4,12-15H2,1-2H3,(H,23,28)(H,26,27). The van der Waals surface area contributed by atoms with E-state index >= 15 is 0 Å².